The maximum absolute atomic E-state index is 12.6. The lowest BCUT2D eigenvalue weighted by atomic mass is 10.1. The molecule has 0 radical (unpaired) electrons. The van der Waals surface area contributed by atoms with Crippen molar-refractivity contribution in [2.45, 2.75) is 26.4 Å². The quantitative estimate of drug-likeness (QED) is 0.836. The highest BCUT2D eigenvalue weighted by molar-refractivity contribution is 5.77. The molecule has 2 amide bonds. The van der Waals surface area contributed by atoms with Gasteiger partial charge in [0, 0.05) is 39.3 Å². The highest BCUT2D eigenvalue weighted by Crippen LogP contribution is 2.23. The molecule has 126 valence electrons. The van der Waals surface area contributed by atoms with Crippen LogP contribution in [0.1, 0.15) is 19.4 Å². The van der Waals surface area contributed by atoms with Crippen molar-refractivity contribution in [2.24, 2.45) is 5.92 Å². The number of benzene rings is 1. The van der Waals surface area contributed by atoms with E-state index >= 15 is 0 Å². The number of hydrogen-bond acceptors (Lipinski definition) is 3. The van der Waals surface area contributed by atoms with Crippen molar-refractivity contribution in [1.82, 2.24) is 14.7 Å². The van der Waals surface area contributed by atoms with Crippen LogP contribution in [0.25, 0.3) is 0 Å². The SMILES string of the molecule is COc1ccc(CN2CC3CN(CC(C)C)CCN3C2=O)cc1. The molecule has 2 aliphatic heterocycles. The Morgan fingerprint density at radius 1 is 1.17 bits per heavy atom. The summed E-state index contributed by atoms with van der Waals surface area (Å²) in [5, 5.41) is 0. The lowest BCUT2D eigenvalue weighted by molar-refractivity contribution is 0.112. The van der Waals surface area contributed by atoms with Gasteiger partial charge in [-0.25, -0.2) is 4.79 Å². The van der Waals surface area contributed by atoms with Crippen LogP contribution in [0.2, 0.25) is 0 Å². The minimum absolute atomic E-state index is 0.190. The van der Waals surface area contributed by atoms with Gasteiger partial charge < -0.3 is 14.5 Å². The number of ether oxygens (including phenoxy) is 1. The molecule has 3 rings (SSSR count). The summed E-state index contributed by atoms with van der Waals surface area (Å²) in [4.78, 5) is 19.1. The molecule has 23 heavy (non-hydrogen) atoms. The summed E-state index contributed by atoms with van der Waals surface area (Å²) >= 11 is 0. The van der Waals surface area contributed by atoms with Crippen molar-refractivity contribution in [3.05, 3.63) is 29.8 Å². The van der Waals surface area contributed by atoms with E-state index in [1.165, 1.54) is 0 Å². The minimum atomic E-state index is 0.190. The van der Waals surface area contributed by atoms with Crippen LogP contribution in [-0.4, -0.2) is 66.6 Å². The van der Waals surface area contributed by atoms with E-state index in [1.54, 1.807) is 7.11 Å². The molecule has 2 aliphatic rings. The third kappa shape index (κ3) is 3.61. The van der Waals surface area contributed by atoms with Gasteiger partial charge in [0.2, 0.25) is 0 Å². The summed E-state index contributed by atoms with van der Waals surface area (Å²) in [7, 11) is 1.67. The number of amides is 2. The highest BCUT2D eigenvalue weighted by Gasteiger charge is 2.40. The molecule has 1 unspecified atom stereocenters. The first-order chi connectivity index (χ1) is 11.1. The maximum Gasteiger partial charge on any atom is 0.320 e. The highest BCUT2D eigenvalue weighted by atomic mass is 16.5. The number of fused-ring (bicyclic) bond motifs is 1. The van der Waals surface area contributed by atoms with Crippen molar-refractivity contribution in [2.75, 3.05) is 39.8 Å². The number of urea groups is 1. The standard InChI is InChI=1S/C18H27N3O2/c1-14(2)10-19-8-9-21-16(12-19)13-20(18(21)22)11-15-4-6-17(23-3)7-5-15/h4-7,14,16H,8-13H2,1-3H3. The Morgan fingerprint density at radius 3 is 2.57 bits per heavy atom. The molecule has 0 spiro atoms. The fraction of sp³-hybridized carbons (Fsp3) is 0.611. The van der Waals surface area contributed by atoms with E-state index in [4.69, 9.17) is 4.74 Å². The van der Waals surface area contributed by atoms with Crippen molar-refractivity contribution in [1.29, 1.82) is 0 Å². The Morgan fingerprint density at radius 2 is 1.91 bits per heavy atom. The van der Waals surface area contributed by atoms with Gasteiger partial charge in [0.1, 0.15) is 5.75 Å². The smallest absolute Gasteiger partial charge is 0.320 e. The molecular weight excluding hydrogens is 290 g/mol. The van der Waals surface area contributed by atoms with Crippen LogP contribution in [0.3, 0.4) is 0 Å². The average Bonchev–Trinajstić information content (AvgIpc) is 2.83. The third-order valence-corrected chi connectivity index (χ3v) is 4.67. The fourth-order valence-electron chi connectivity index (χ4n) is 3.61. The van der Waals surface area contributed by atoms with Crippen LogP contribution in [0.15, 0.2) is 24.3 Å². The van der Waals surface area contributed by atoms with Crippen LogP contribution in [-0.2, 0) is 6.54 Å². The Labute approximate surface area is 138 Å². The van der Waals surface area contributed by atoms with Crippen LogP contribution in [0.5, 0.6) is 5.75 Å². The lowest BCUT2D eigenvalue weighted by Gasteiger charge is -2.37. The first-order valence-electron chi connectivity index (χ1n) is 8.47. The van der Waals surface area contributed by atoms with Crippen molar-refractivity contribution < 1.29 is 9.53 Å². The summed E-state index contributed by atoms with van der Waals surface area (Å²) in [6.07, 6.45) is 0. The number of carbonyl (C=O) groups is 1. The summed E-state index contributed by atoms with van der Waals surface area (Å²) in [5.41, 5.74) is 1.15. The molecule has 2 fully saturated rings. The topological polar surface area (TPSA) is 36.0 Å². The molecule has 1 atom stereocenters. The Balaban J connectivity index is 1.61. The second-order valence-electron chi connectivity index (χ2n) is 7.01. The number of piperazine rings is 1. The Hall–Kier alpha value is -1.75. The van der Waals surface area contributed by atoms with E-state index in [0.29, 0.717) is 18.5 Å². The molecule has 0 saturated carbocycles. The number of carbonyl (C=O) groups excluding carboxylic acids is 1. The average molecular weight is 317 g/mol. The van der Waals surface area contributed by atoms with Crippen molar-refractivity contribution in [3.8, 4) is 5.75 Å². The van der Waals surface area contributed by atoms with E-state index in [9.17, 15) is 4.79 Å². The molecule has 1 aromatic rings. The number of nitrogens with zero attached hydrogens (tertiary/aromatic N) is 3. The minimum Gasteiger partial charge on any atom is -0.497 e. The predicted molar refractivity (Wildman–Crippen MR) is 90.6 cm³/mol. The third-order valence-electron chi connectivity index (χ3n) is 4.67. The van der Waals surface area contributed by atoms with E-state index in [1.807, 2.05) is 29.2 Å². The van der Waals surface area contributed by atoms with Gasteiger partial charge in [-0.15, -0.1) is 0 Å². The van der Waals surface area contributed by atoms with Gasteiger partial charge in [-0.05, 0) is 23.6 Å². The van der Waals surface area contributed by atoms with Crippen molar-refractivity contribution >= 4 is 6.03 Å². The van der Waals surface area contributed by atoms with Gasteiger partial charge >= 0.3 is 6.03 Å². The van der Waals surface area contributed by atoms with Crippen LogP contribution in [0, 0.1) is 5.92 Å². The maximum atomic E-state index is 12.6. The zero-order chi connectivity index (χ0) is 16.4. The second-order valence-corrected chi connectivity index (χ2v) is 7.01. The summed E-state index contributed by atoms with van der Waals surface area (Å²) in [6.45, 7) is 10.00. The van der Waals surface area contributed by atoms with Crippen LogP contribution >= 0.6 is 0 Å². The van der Waals surface area contributed by atoms with E-state index in [0.717, 1.165) is 44.0 Å². The summed E-state index contributed by atoms with van der Waals surface area (Å²) in [6, 6.07) is 8.51. The first kappa shape index (κ1) is 16.1. The van der Waals surface area contributed by atoms with E-state index in [-0.39, 0.29) is 6.03 Å². The number of methoxy groups -OCH3 is 1. The van der Waals surface area contributed by atoms with Crippen LogP contribution < -0.4 is 4.74 Å². The lowest BCUT2D eigenvalue weighted by Crippen LogP contribution is -2.52. The monoisotopic (exact) mass is 317 g/mol. The molecule has 0 aromatic heterocycles. The fourth-order valence-corrected chi connectivity index (χ4v) is 3.61. The molecule has 5 heteroatoms. The Bertz CT molecular complexity index is 544. The van der Waals surface area contributed by atoms with Crippen LogP contribution in [0.4, 0.5) is 4.79 Å². The molecule has 2 saturated heterocycles. The van der Waals surface area contributed by atoms with Gasteiger partial charge in [0.05, 0.1) is 13.2 Å². The van der Waals surface area contributed by atoms with E-state index < -0.39 is 0 Å². The van der Waals surface area contributed by atoms with Gasteiger partial charge in [-0.2, -0.15) is 0 Å². The summed E-state index contributed by atoms with van der Waals surface area (Å²) < 4.78 is 5.19. The molecule has 5 nitrogen and oxygen atoms in total. The normalized spacial score (nSPS) is 21.9. The summed E-state index contributed by atoms with van der Waals surface area (Å²) in [5.74, 6) is 1.53. The first-order valence-corrected chi connectivity index (χ1v) is 8.47. The number of hydrogen-bond donors (Lipinski definition) is 0. The zero-order valence-corrected chi connectivity index (χ0v) is 14.4. The van der Waals surface area contributed by atoms with Gasteiger partial charge in [0.15, 0.2) is 0 Å². The van der Waals surface area contributed by atoms with Crippen molar-refractivity contribution in [3.63, 3.8) is 0 Å². The molecule has 0 aliphatic carbocycles. The number of rotatable bonds is 5. The van der Waals surface area contributed by atoms with E-state index in [2.05, 4.69) is 23.6 Å². The van der Waals surface area contributed by atoms with Gasteiger partial charge in [-0.1, -0.05) is 26.0 Å². The molecule has 0 bridgehead atoms. The Kier molecular flexibility index (Phi) is 4.76. The molecule has 0 N–H and O–H groups in total. The largest absolute Gasteiger partial charge is 0.497 e. The predicted octanol–water partition coefficient (Wildman–Crippen LogP) is 2.27. The molecular formula is C18H27N3O2. The second kappa shape index (κ2) is 6.79. The molecule has 2 heterocycles. The van der Waals surface area contributed by atoms with Gasteiger partial charge in [0.25, 0.3) is 0 Å². The van der Waals surface area contributed by atoms with Gasteiger partial charge in [-0.3, -0.25) is 4.90 Å². The molecule has 1 aromatic carbocycles. The zero-order valence-electron chi connectivity index (χ0n) is 14.4.